The largest absolute Gasteiger partial charge is 0.385 e. The van der Waals surface area contributed by atoms with E-state index in [0.717, 1.165) is 36.9 Å². The molecule has 3 nitrogen and oxygen atoms in total. The molecule has 0 aliphatic heterocycles. The van der Waals surface area contributed by atoms with E-state index in [-0.39, 0.29) is 11.8 Å². The summed E-state index contributed by atoms with van der Waals surface area (Å²) in [5.41, 5.74) is 0.946. The summed E-state index contributed by atoms with van der Waals surface area (Å²) in [7, 11) is 0. The monoisotopic (exact) mass is 371 g/mol. The van der Waals surface area contributed by atoms with Crippen LogP contribution in [0.3, 0.4) is 0 Å². The normalized spacial score (nSPS) is 22.4. The van der Waals surface area contributed by atoms with Crippen LogP contribution in [0.5, 0.6) is 0 Å². The molecule has 0 spiro atoms. The lowest BCUT2D eigenvalue weighted by molar-refractivity contribution is -0.117. The highest BCUT2D eigenvalue weighted by atomic mass is 35.5. The van der Waals surface area contributed by atoms with E-state index in [0.29, 0.717) is 17.4 Å². The number of amides is 1. The molecule has 3 rings (SSSR count). The molecule has 1 aliphatic rings. The van der Waals surface area contributed by atoms with Crippen molar-refractivity contribution in [3.63, 3.8) is 0 Å². The Morgan fingerprint density at radius 3 is 2.31 bits per heavy atom. The van der Waals surface area contributed by atoms with Crippen LogP contribution in [0.25, 0.3) is 0 Å². The molecule has 1 saturated carbocycles. The Morgan fingerprint density at radius 1 is 1.08 bits per heavy atom. The van der Waals surface area contributed by atoms with Crippen molar-refractivity contribution < 1.29 is 9.90 Å². The molecule has 4 heteroatoms. The molecule has 2 aromatic carbocycles. The third kappa shape index (κ3) is 4.66. The summed E-state index contributed by atoms with van der Waals surface area (Å²) in [5, 5.41) is 14.6. The Kier molecular flexibility index (Phi) is 6.00. The first kappa shape index (κ1) is 18.9. The van der Waals surface area contributed by atoms with E-state index in [2.05, 4.69) is 5.32 Å². The van der Waals surface area contributed by atoms with Crippen LogP contribution < -0.4 is 5.32 Å². The molecule has 0 aromatic heterocycles. The van der Waals surface area contributed by atoms with Crippen LogP contribution in [0.2, 0.25) is 5.02 Å². The van der Waals surface area contributed by atoms with Gasteiger partial charge >= 0.3 is 0 Å². The minimum atomic E-state index is -0.808. The van der Waals surface area contributed by atoms with E-state index in [1.807, 2.05) is 49.4 Å². The van der Waals surface area contributed by atoms with Crippen molar-refractivity contribution >= 4 is 23.2 Å². The standard InChI is InChI=1S/C22H26ClNO2/c1-22(26,17-5-3-2-4-6-17)18-9-7-16(8-10-18)15-21(25)24-20-13-11-19(23)12-14-20/h2-6,11-14,16,18,26H,7-10,15H2,1H3,(H,24,25)/t16-,18+,22?. The van der Waals surface area contributed by atoms with Crippen molar-refractivity contribution in [2.45, 2.75) is 44.6 Å². The summed E-state index contributed by atoms with van der Waals surface area (Å²) in [4.78, 5) is 12.3. The Labute approximate surface area is 160 Å². The second-order valence-corrected chi connectivity index (χ2v) is 7.93. The molecule has 1 fully saturated rings. The average Bonchev–Trinajstić information content (AvgIpc) is 2.65. The van der Waals surface area contributed by atoms with Crippen LogP contribution >= 0.6 is 11.6 Å². The van der Waals surface area contributed by atoms with E-state index in [1.165, 1.54) is 0 Å². The molecule has 26 heavy (non-hydrogen) atoms. The fourth-order valence-corrected chi connectivity index (χ4v) is 4.07. The quantitative estimate of drug-likeness (QED) is 0.740. The number of benzene rings is 2. The van der Waals surface area contributed by atoms with E-state index < -0.39 is 5.60 Å². The first-order valence-electron chi connectivity index (χ1n) is 9.28. The first-order valence-corrected chi connectivity index (χ1v) is 9.66. The van der Waals surface area contributed by atoms with Gasteiger partial charge in [0.15, 0.2) is 0 Å². The molecule has 2 aromatic rings. The summed E-state index contributed by atoms with van der Waals surface area (Å²) in [6.45, 7) is 1.92. The molecule has 1 aliphatic carbocycles. The van der Waals surface area contributed by atoms with Crippen molar-refractivity contribution in [2.24, 2.45) is 11.8 Å². The summed E-state index contributed by atoms with van der Waals surface area (Å²) in [6.07, 6.45) is 4.37. The molecular formula is C22H26ClNO2. The molecule has 0 bridgehead atoms. The smallest absolute Gasteiger partial charge is 0.224 e. The predicted octanol–water partition coefficient (Wildman–Crippen LogP) is 5.38. The van der Waals surface area contributed by atoms with E-state index >= 15 is 0 Å². The first-order chi connectivity index (χ1) is 12.4. The van der Waals surface area contributed by atoms with Gasteiger partial charge in [0, 0.05) is 17.1 Å². The topological polar surface area (TPSA) is 49.3 Å². The van der Waals surface area contributed by atoms with Gasteiger partial charge in [-0.2, -0.15) is 0 Å². The van der Waals surface area contributed by atoms with Gasteiger partial charge in [0.2, 0.25) is 5.91 Å². The molecule has 1 amide bonds. The van der Waals surface area contributed by atoms with Crippen LogP contribution in [-0.2, 0) is 10.4 Å². The summed E-state index contributed by atoms with van der Waals surface area (Å²) >= 11 is 5.87. The highest BCUT2D eigenvalue weighted by molar-refractivity contribution is 6.30. The van der Waals surface area contributed by atoms with Crippen molar-refractivity contribution in [2.75, 3.05) is 5.32 Å². The molecule has 0 radical (unpaired) electrons. The van der Waals surface area contributed by atoms with Gasteiger partial charge in [0.1, 0.15) is 0 Å². The van der Waals surface area contributed by atoms with Crippen LogP contribution in [0.15, 0.2) is 54.6 Å². The van der Waals surface area contributed by atoms with Crippen molar-refractivity contribution in [3.8, 4) is 0 Å². The number of anilines is 1. The molecule has 0 heterocycles. The van der Waals surface area contributed by atoms with Gasteiger partial charge in [-0.15, -0.1) is 0 Å². The third-order valence-electron chi connectivity index (χ3n) is 5.60. The van der Waals surface area contributed by atoms with Gasteiger partial charge in [-0.3, -0.25) is 4.79 Å². The number of hydrogen-bond acceptors (Lipinski definition) is 2. The molecule has 2 N–H and O–H groups in total. The number of hydrogen-bond donors (Lipinski definition) is 2. The van der Waals surface area contributed by atoms with Gasteiger partial charge in [-0.25, -0.2) is 0 Å². The summed E-state index contributed by atoms with van der Waals surface area (Å²) in [5.74, 6) is 0.663. The fraction of sp³-hybridized carbons (Fsp3) is 0.409. The minimum Gasteiger partial charge on any atom is -0.385 e. The number of carbonyl (C=O) groups is 1. The lowest BCUT2D eigenvalue weighted by Crippen LogP contribution is -2.35. The van der Waals surface area contributed by atoms with Gasteiger partial charge in [0.05, 0.1) is 5.60 Å². The number of carbonyl (C=O) groups excluding carboxylic acids is 1. The van der Waals surface area contributed by atoms with Crippen LogP contribution in [0, 0.1) is 11.8 Å². The fourth-order valence-electron chi connectivity index (χ4n) is 3.95. The van der Waals surface area contributed by atoms with Gasteiger partial charge in [0.25, 0.3) is 0 Å². The molecule has 1 atom stereocenters. The Bertz CT molecular complexity index is 720. The molecule has 1 unspecified atom stereocenters. The second kappa shape index (κ2) is 8.24. The second-order valence-electron chi connectivity index (χ2n) is 7.49. The number of aliphatic hydroxyl groups is 1. The Hall–Kier alpha value is -1.84. The highest BCUT2D eigenvalue weighted by Crippen LogP contribution is 2.41. The van der Waals surface area contributed by atoms with Crippen molar-refractivity contribution in [1.82, 2.24) is 0 Å². The summed E-state index contributed by atoms with van der Waals surface area (Å²) < 4.78 is 0. The molecule has 138 valence electrons. The average molecular weight is 372 g/mol. The summed E-state index contributed by atoms with van der Waals surface area (Å²) in [6, 6.07) is 17.1. The van der Waals surface area contributed by atoms with E-state index in [4.69, 9.17) is 11.6 Å². The van der Waals surface area contributed by atoms with Crippen molar-refractivity contribution in [1.29, 1.82) is 0 Å². The van der Waals surface area contributed by atoms with Gasteiger partial charge < -0.3 is 10.4 Å². The SMILES string of the molecule is CC(O)(c1ccccc1)[C@H]1CC[C@@H](CC(=O)Nc2ccc(Cl)cc2)CC1. The van der Waals surface area contributed by atoms with Crippen molar-refractivity contribution in [3.05, 3.63) is 65.2 Å². The lowest BCUT2D eigenvalue weighted by Gasteiger charge is -2.38. The number of nitrogens with one attached hydrogen (secondary N) is 1. The maximum atomic E-state index is 12.3. The maximum Gasteiger partial charge on any atom is 0.224 e. The van der Waals surface area contributed by atoms with Gasteiger partial charge in [-0.05, 0) is 74.3 Å². The van der Waals surface area contributed by atoms with Gasteiger partial charge in [-0.1, -0.05) is 41.9 Å². The maximum absolute atomic E-state index is 12.3. The Morgan fingerprint density at radius 2 is 1.69 bits per heavy atom. The minimum absolute atomic E-state index is 0.0468. The molecule has 0 saturated heterocycles. The Balaban J connectivity index is 1.50. The van der Waals surface area contributed by atoms with E-state index in [9.17, 15) is 9.90 Å². The number of halogens is 1. The molecular weight excluding hydrogens is 346 g/mol. The zero-order valence-electron chi connectivity index (χ0n) is 15.1. The number of rotatable bonds is 5. The van der Waals surface area contributed by atoms with Crippen LogP contribution in [0.4, 0.5) is 5.69 Å². The van der Waals surface area contributed by atoms with E-state index in [1.54, 1.807) is 12.1 Å². The zero-order chi connectivity index (χ0) is 18.6. The third-order valence-corrected chi connectivity index (χ3v) is 5.85. The highest BCUT2D eigenvalue weighted by Gasteiger charge is 2.36. The zero-order valence-corrected chi connectivity index (χ0v) is 15.9. The lowest BCUT2D eigenvalue weighted by atomic mass is 9.71. The van der Waals surface area contributed by atoms with Crippen LogP contribution in [-0.4, -0.2) is 11.0 Å². The predicted molar refractivity (Wildman–Crippen MR) is 106 cm³/mol. The van der Waals surface area contributed by atoms with Crippen LogP contribution in [0.1, 0.15) is 44.6 Å².